The lowest BCUT2D eigenvalue weighted by Gasteiger charge is -2.37. The fraction of sp³-hybridized carbons (Fsp3) is 0.800. The van der Waals surface area contributed by atoms with Crippen LogP contribution in [0.25, 0.3) is 0 Å². The monoisotopic (exact) mass is 294 g/mol. The first-order chi connectivity index (χ1) is 9.86. The van der Waals surface area contributed by atoms with Gasteiger partial charge in [0.1, 0.15) is 0 Å². The van der Waals surface area contributed by atoms with Gasteiger partial charge >= 0.3 is 0 Å². The third-order valence-corrected chi connectivity index (χ3v) is 5.47. The highest BCUT2D eigenvalue weighted by Gasteiger charge is 2.26. The Bertz CT molecular complexity index is 406. The normalized spacial score (nSPS) is 21.8. The van der Waals surface area contributed by atoms with Gasteiger partial charge in [-0.2, -0.15) is 0 Å². The molecule has 2 fully saturated rings. The summed E-state index contributed by atoms with van der Waals surface area (Å²) in [5, 5.41) is 6.75. The predicted octanol–water partition coefficient (Wildman–Crippen LogP) is 2.32. The second kappa shape index (κ2) is 6.87. The highest BCUT2D eigenvalue weighted by molar-refractivity contribution is 7.13. The van der Waals surface area contributed by atoms with Gasteiger partial charge in [-0.25, -0.2) is 4.98 Å². The van der Waals surface area contributed by atoms with Crippen molar-refractivity contribution < 1.29 is 0 Å². The molecule has 1 aromatic rings. The molecule has 1 saturated carbocycles. The minimum atomic E-state index is 0.873. The van der Waals surface area contributed by atoms with E-state index in [-0.39, 0.29) is 0 Å². The van der Waals surface area contributed by atoms with Crippen LogP contribution in [0.1, 0.15) is 38.3 Å². The molecule has 1 saturated heterocycles. The predicted molar refractivity (Wildman–Crippen MR) is 85.5 cm³/mol. The van der Waals surface area contributed by atoms with Crippen molar-refractivity contribution in [1.29, 1.82) is 0 Å². The number of hydrogen-bond donors (Lipinski definition) is 1. The van der Waals surface area contributed by atoms with Crippen LogP contribution in [0.2, 0.25) is 0 Å². The SMILES string of the molecule is CCNCc1csc(N2CCN(C3CCCC3)CC2)n1. The van der Waals surface area contributed by atoms with E-state index in [1.54, 1.807) is 11.3 Å². The van der Waals surface area contributed by atoms with Crippen molar-refractivity contribution in [2.24, 2.45) is 0 Å². The minimum absolute atomic E-state index is 0.873. The van der Waals surface area contributed by atoms with Crippen LogP contribution in [-0.4, -0.2) is 48.6 Å². The minimum Gasteiger partial charge on any atom is -0.346 e. The Morgan fingerprint density at radius 3 is 2.70 bits per heavy atom. The highest BCUT2D eigenvalue weighted by Crippen LogP contribution is 2.26. The van der Waals surface area contributed by atoms with Gasteiger partial charge in [-0.1, -0.05) is 19.8 Å². The van der Waals surface area contributed by atoms with Crippen molar-refractivity contribution in [2.45, 2.75) is 45.2 Å². The van der Waals surface area contributed by atoms with E-state index in [0.717, 1.165) is 32.2 Å². The Morgan fingerprint density at radius 1 is 1.25 bits per heavy atom. The van der Waals surface area contributed by atoms with E-state index >= 15 is 0 Å². The number of anilines is 1. The van der Waals surface area contributed by atoms with Gasteiger partial charge in [0, 0.05) is 44.1 Å². The maximum Gasteiger partial charge on any atom is 0.185 e. The first-order valence-electron chi connectivity index (χ1n) is 8.01. The molecule has 0 bridgehead atoms. The molecule has 1 N–H and O–H groups in total. The van der Waals surface area contributed by atoms with Crippen LogP contribution in [0, 0.1) is 0 Å². The Hall–Kier alpha value is -0.650. The third-order valence-electron chi connectivity index (χ3n) is 4.52. The summed E-state index contributed by atoms with van der Waals surface area (Å²) in [6.45, 7) is 8.76. The number of nitrogens with one attached hydrogen (secondary N) is 1. The Morgan fingerprint density at radius 2 is 2.00 bits per heavy atom. The topological polar surface area (TPSA) is 31.4 Å². The van der Waals surface area contributed by atoms with Gasteiger partial charge in [0.15, 0.2) is 5.13 Å². The summed E-state index contributed by atoms with van der Waals surface area (Å²) < 4.78 is 0. The van der Waals surface area contributed by atoms with E-state index in [2.05, 4.69) is 27.4 Å². The summed E-state index contributed by atoms with van der Waals surface area (Å²) in [6.07, 6.45) is 5.71. The molecule has 0 unspecified atom stereocenters. The number of hydrogen-bond acceptors (Lipinski definition) is 5. The summed E-state index contributed by atoms with van der Waals surface area (Å²) in [5.74, 6) is 0. The largest absolute Gasteiger partial charge is 0.346 e. The summed E-state index contributed by atoms with van der Waals surface area (Å²) in [5.41, 5.74) is 1.19. The lowest BCUT2D eigenvalue weighted by molar-refractivity contribution is 0.187. The summed E-state index contributed by atoms with van der Waals surface area (Å²) in [6, 6.07) is 0.873. The fourth-order valence-corrected chi connectivity index (χ4v) is 4.20. The molecule has 3 rings (SSSR count). The maximum absolute atomic E-state index is 4.76. The number of aromatic nitrogens is 1. The summed E-state index contributed by atoms with van der Waals surface area (Å²) >= 11 is 1.80. The second-order valence-corrected chi connectivity index (χ2v) is 6.70. The van der Waals surface area contributed by atoms with Gasteiger partial charge in [0.25, 0.3) is 0 Å². The lowest BCUT2D eigenvalue weighted by Crippen LogP contribution is -2.49. The molecular weight excluding hydrogens is 268 g/mol. The van der Waals surface area contributed by atoms with Crippen molar-refractivity contribution >= 4 is 16.5 Å². The molecule has 1 aliphatic heterocycles. The number of piperazine rings is 1. The average Bonchev–Trinajstić information content (AvgIpc) is 3.17. The Labute approximate surface area is 126 Å². The highest BCUT2D eigenvalue weighted by atomic mass is 32.1. The van der Waals surface area contributed by atoms with Crippen LogP contribution in [0.15, 0.2) is 5.38 Å². The first kappa shape index (κ1) is 14.3. The molecule has 0 spiro atoms. The van der Waals surface area contributed by atoms with Crippen LogP contribution >= 0.6 is 11.3 Å². The maximum atomic E-state index is 4.76. The number of thiazole rings is 1. The van der Waals surface area contributed by atoms with Gasteiger partial charge in [-0.15, -0.1) is 11.3 Å². The summed E-state index contributed by atoms with van der Waals surface area (Å²) in [7, 11) is 0. The van der Waals surface area contributed by atoms with E-state index in [0.29, 0.717) is 0 Å². The third kappa shape index (κ3) is 3.32. The van der Waals surface area contributed by atoms with E-state index in [9.17, 15) is 0 Å². The summed E-state index contributed by atoms with van der Waals surface area (Å²) in [4.78, 5) is 9.93. The van der Waals surface area contributed by atoms with Crippen LogP contribution in [0.5, 0.6) is 0 Å². The van der Waals surface area contributed by atoms with Crippen LogP contribution in [-0.2, 0) is 6.54 Å². The molecule has 2 aliphatic rings. The Kier molecular flexibility index (Phi) is 4.91. The molecule has 2 heterocycles. The molecule has 1 aliphatic carbocycles. The van der Waals surface area contributed by atoms with Gasteiger partial charge < -0.3 is 10.2 Å². The zero-order chi connectivity index (χ0) is 13.8. The molecule has 0 amide bonds. The smallest absolute Gasteiger partial charge is 0.185 e. The first-order valence-corrected chi connectivity index (χ1v) is 8.89. The standard InChI is InChI=1S/C15H26N4S/c1-2-16-11-13-12-20-15(17-13)19-9-7-18(8-10-19)14-5-3-4-6-14/h12,14,16H,2-11H2,1H3. The zero-order valence-electron chi connectivity index (χ0n) is 12.5. The quantitative estimate of drug-likeness (QED) is 0.903. The van der Waals surface area contributed by atoms with Gasteiger partial charge in [-0.3, -0.25) is 4.90 Å². The van der Waals surface area contributed by atoms with Gasteiger partial charge in [-0.05, 0) is 19.4 Å². The van der Waals surface area contributed by atoms with Crippen molar-refractivity contribution in [3.05, 3.63) is 11.1 Å². The molecule has 0 aromatic carbocycles. The van der Waals surface area contributed by atoms with Crippen LogP contribution in [0.4, 0.5) is 5.13 Å². The molecule has 5 heteroatoms. The molecular formula is C15H26N4S. The van der Waals surface area contributed by atoms with Crippen LogP contribution < -0.4 is 10.2 Å². The van der Waals surface area contributed by atoms with E-state index in [4.69, 9.17) is 4.98 Å². The molecule has 20 heavy (non-hydrogen) atoms. The number of rotatable bonds is 5. The number of nitrogens with zero attached hydrogens (tertiary/aromatic N) is 3. The molecule has 0 atom stereocenters. The van der Waals surface area contributed by atoms with Crippen LogP contribution in [0.3, 0.4) is 0 Å². The fourth-order valence-electron chi connectivity index (χ4n) is 3.32. The van der Waals surface area contributed by atoms with Crippen molar-refractivity contribution in [3.8, 4) is 0 Å². The van der Waals surface area contributed by atoms with Gasteiger partial charge in [0.05, 0.1) is 5.69 Å². The van der Waals surface area contributed by atoms with Crippen molar-refractivity contribution in [3.63, 3.8) is 0 Å². The van der Waals surface area contributed by atoms with Crippen molar-refractivity contribution in [1.82, 2.24) is 15.2 Å². The zero-order valence-corrected chi connectivity index (χ0v) is 13.3. The molecule has 0 radical (unpaired) electrons. The van der Waals surface area contributed by atoms with Gasteiger partial charge in [0.2, 0.25) is 0 Å². The molecule has 4 nitrogen and oxygen atoms in total. The second-order valence-electron chi connectivity index (χ2n) is 5.86. The lowest BCUT2D eigenvalue weighted by atomic mass is 10.2. The van der Waals surface area contributed by atoms with E-state index in [1.807, 2.05) is 0 Å². The Balaban J connectivity index is 1.51. The van der Waals surface area contributed by atoms with E-state index in [1.165, 1.54) is 49.6 Å². The molecule has 112 valence electrons. The average molecular weight is 294 g/mol. The van der Waals surface area contributed by atoms with Crippen molar-refractivity contribution in [2.75, 3.05) is 37.6 Å². The molecule has 1 aromatic heterocycles. The van der Waals surface area contributed by atoms with E-state index < -0.39 is 0 Å².